The van der Waals surface area contributed by atoms with Crippen molar-refractivity contribution in [1.82, 2.24) is 34.3 Å². The molecule has 3 aromatic heterocycles. The second-order valence-corrected chi connectivity index (χ2v) is 6.52. The Hall–Kier alpha value is -2.77. The fourth-order valence-electron chi connectivity index (χ4n) is 3.73. The molecule has 130 valence electrons. The normalized spacial score (nSPS) is 17.6. The molecule has 0 N–H and O–H groups in total. The first-order chi connectivity index (χ1) is 12.0. The van der Waals surface area contributed by atoms with Gasteiger partial charge in [-0.3, -0.25) is 9.48 Å². The summed E-state index contributed by atoms with van der Waals surface area (Å²) in [5.74, 6) is 1.08. The molecule has 25 heavy (non-hydrogen) atoms. The monoisotopic (exact) mass is 339 g/mol. The van der Waals surface area contributed by atoms with Gasteiger partial charge in [0, 0.05) is 37.2 Å². The quantitative estimate of drug-likeness (QED) is 0.720. The van der Waals surface area contributed by atoms with Gasteiger partial charge in [0.25, 0.3) is 5.78 Å². The van der Waals surface area contributed by atoms with Gasteiger partial charge in [-0.15, -0.1) is 5.10 Å². The number of likely N-dealkylation sites (tertiary alicyclic amines) is 1. The molecule has 1 unspecified atom stereocenters. The molecule has 8 heteroatoms. The summed E-state index contributed by atoms with van der Waals surface area (Å²) in [6.45, 7) is 4.84. The van der Waals surface area contributed by atoms with Gasteiger partial charge in [-0.2, -0.15) is 10.1 Å². The van der Waals surface area contributed by atoms with E-state index in [4.69, 9.17) is 0 Å². The van der Waals surface area contributed by atoms with Crippen molar-refractivity contribution >= 4 is 11.7 Å². The number of aromatic nitrogens is 6. The summed E-state index contributed by atoms with van der Waals surface area (Å²) >= 11 is 0. The van der Waals surface area contributed by atoms with Crippen LogP contribution in [0.1, 0.15) is 41.7 Å². The average molecular weight is 339 g/mol. The van der Waals surface area contributed by atoms with Gasteiger partial charge in [0.05, 0.1) is 18.2 Å². The fourth-order valence-corrected chi connectivity index (χ4v) is 3.73. The van der Waals surface area contributed by atoms with Gasteiger partial charge in [-0.25, -0.2) is 9.50 Å². The number of hydrogen-bond donors (Lipinski definition) is 0. The van der Waals surface area contributed by atoms with Crippen LogP contribution in [0.4, 0.5) is 0 Å². The van der Waals surface area contributed by atoms with Crippen LogP contribution in [0.15, 0.2) is 18.5 Å². The van der Waals surface area contributed by atoms with Crippen LogP contribution < -0.4 is 0 Å². The maximum absolute atomic E-state index is 12.9. The molecule has 1 fully saturated rings. The van der Waals surface area contributed by atoms with E-state index in [2.05, 4.69) is 27.1 Å². The molecule has 1 atom stereocenters. The SMILES string of the molecule is Cc1nn(C)c(C)c1C1CCCN1C(=O)Cc1nc2ncccn2n1. The van der Waals surface area contributed by atoms with Gasteiger partial charge < -0.3 is 4.90 Å². The molecule has 0 saturated carbocycles. The minimum absolute atomic E-state index is 0.0565. The third-order valence-corrected chi connectivity index (χ3v) is 4.94. The van der Waals surface area contributed by atoms with E-state index in [-0.39, 0.29) is 18.4 Å². The molecule has 1 amide bonds. The molecular weight excluding hydrogens is 318 g/mol. The van der Waals surface area contributed by atoms with Crippen LogP contribution in [0.5, 0.6) is 0 Å². The van der Waals surface area contributed by atoms with Crippen molar-refractivity contribution in [1.29, 1.82) is 0 Å². The van der Waals surface area contributed by atoms with Gasteiger partial charge in [-0.1, -0.05) is 0 Å². The predicted molar refractivity (Wildman–Crippen MR) is 90.9 cm³/mol. The van der Waals surface area contributed by atoms with Crippen molar-refractivity contribution in [2.24, 2.45) is 7.05 Å². The number of fused-ring (bicyclic) bond motifs is 1. The summed E-state index contributed by atoms with van der Waals surface area (Å²) in [4.78, 5) is 23.3. The maximum Gasteiger partial charge on any atom is 0.252 e. The van der Waals surface area contributed by atoms with Crippen molar-refractivity contribution in [2.45, 2.75) is 39.2 Å². The Labute approximate surface area is 145 Å². The first-order valence-electron chi connectivity index (χ1n) is 8.50. The van der Waals surface area contributed by atoms with Crippen LogP contribution >= 0.6 is 0 Å². The van der Waals surface area contributed by atoms with Crippen molar-refractivity contribution in [3.63, 3.8) is 0 Å². The average Bonchev–Trinajstić information content (AvgIpc) is 3.25. The molecule has 0 bridgehead atoms. The highest BCUT2D eigenvalue weighted by Crippen LogP contribution is 2.35. The smallest absolute Gasteiger partial charge is 0.252 e. The number of nitrogens with zero attached hydrogens (tertiary/aromatic N) is 7. The highest BCUT2D eigenvalue weighted by molar-refractivity contribution is 5.79. The molecule has 4 heterocycles. The molecule has 8 nitrogen and oxygen atoms in total. The van der Waals surface area contributed by atoms with Crippen LogP contribution in [0.25, 0.3) is 5.78 Å². The highest BCUT2D eigenvalue weighted by atomic mass is 16.2. The molecule has 0 radical (unpaired) electrons. The third-order valence-electron chi connectivity index (χ3n) is 4.94. The van der Waals surface area contributed by atoms with Crippen molar-refractivity contribution in [2.75, 3.05) is 6.54 Å². The maximum atomic E-state index is 12.9. The number of aryl methyl sites for hydroxylation is 2. The summed E-state index contributed by atoms with van der Waals surface area (Å²) in [6, 6.07) is 1.88. The zero-order valence-corrected chi connectivity index (χ0v) is 14.7. The number of carbonyl (C=O) groups excluding carboxylic acids is 1. The minimum Gasteiger partial charge on any atom is -0.335 e. The van der Waals surface area contributed by atoms with Gasteiger partial charge >= 0.3 is 0 Å². The van der Waals surface area contributed by atoms with E-state index in [9.17, 15) is 4.79 Å². The van der Waals surface area contributed by atoms with E-state index in [0.29, 0.717) is 11.6 Å². The zero-order valence-electron chi connectivity index (χ0n) is 14.7. The Morgan fingerprint density at radius 1 is 1.32 bits per heavy atom. The number of carbonyl (C=O) groups is 1. The molecule has 0 aromatic carbocycles. The van der Waals surface area contributed by atoms with E-state index in [1.165, 1.54) is 5.56 Å². The lowest BCUT2D eigenvalue weighted by Crippen LogP contribution is -2.32. The fraction of sp³-hybridized carbons (Fsp3) is 0.471. The lowest BCUT2D eigenvalue weighted by atomic mass is 10.0. The Kier molecular flexibility index (Phi) is 3.74. The molecule has 3 aromatic rings. The van der Waals surface area contributed by atoms with Crippen LogP contribution in [0, 0.1) is 13.8 Å². The van der Waals surface area contributed by atoms with Gasteiger partial charge in [0.1, 0.15) is 0 Å². The lowest BCUT2D eigenvalue weighted by Gasteiger charge is -2.25. The number of rotatable bonds is 3. The van der Waals surface area contributed by atoms with Crippen LogP contribution in [-0.2, 0) is 18.3 Å². The van der Waals surface area contributed by atoms with Crippen molar-refractivity contribution in [3.8, 4) is 0 Å². The second kappa shape index (κ2) is 5.94. The van der Waals surface area contributed by atoms with Crippen LogP contribution in [0.3, 0.4) is 0 Å². The summed E-state index contributed by atoms with van der Waals surface area (Å²) in [5.41, 5.74) is 3.30. The Balaban J connectivity index is 1.58. The standard InChI is InChI=1S/C17H21N7O/c1-11-16(12(2)22(3)20-11)13-6-4-8-23(13)15(25)10-14-19-17-18-7-5-9-24(17)21-14/h5,7,9,13H,4,6,8,10H2,1-3H3. The summed E-state index contributed by atoms with van der Waals surface area (Å²) < 4.78 is 3.49. The zero-order chi connectivity index (χ0) is 17.6. The van der Waals surface area contributed by atoms with Crippen LogP contribution in [0.2, 0.25) is 0 Å². The van der Waals surface area contributed by atoms with E-state index in [0.717, 1.165) is 30.8 Å². The molecule has 1 aliphatic heterocycles. The summed E-state index contributed by atoms with van der Waals surface area (Å²) in [7, 11) is 1.94. The predicted octanol–water partition coefficient (Wildman–Crippen LogP) is 1.38. The Morgan fingerprint density at radius 3 is 2.88 bits per heavy atom. The Bertz CT molecular complexity index is 909. The van der Waals surface area contributed by atoms with E-state index < -0.39 is 0 Å². The van der Waals surface area contributed by atoms with E-state index >= 15 is 0 Å². The molecule has 0 spiro atoms. The highest BCUT2D eigenvalue weighted by Gasteiger charge is 2.33. The lowest BCUT2D eigenvalue weighted by molar-refractivity contribution is -0.131. The van der Waals surface area contributed by atoms with Gasteiger partial charge in [0.15, 0.2) is 5.82 Å². The molecule has 1 saturated heterocycles. The third kappa shape index (κ3) is 2.67. The number of amides is 1. The molecule has 0 aliphatic carbocycles. The van der Waals surface area contributed by atoms with Crippen molar-refractivity contribution < 1.29 is 4.79 Å². The topological polar surface area (TPSA) is 81.2 Å². The first kappa shape index (κ1) is 15.7. The second-order valence-electron chi connectivity index (χ2n) is 6.52. The summed E-state index contributed by atoms with van der Waals surface area (Å²) in [6.07, 6.45) is 5.62. The minimum atomic E-state index is 0.0565. The van der Waals surface area contributed by atoms with Gasteiger partial charge in [0.2, 0.25) is 5.91 Å². The Morgan fingerprint density at radius 2 is 2.16 bits per heavy atom. The van der Waals surface area contributed by atoms with E-state index in [1.54, 1.807) is 23.0 Å². The van der Waals surface area contributed by atoms with E-state index in [1.807, 2.05) is 23.6 Å². The van der Waals surface area contributed by atoms with Crippen LogP contribution in [-0.4, -0.2) is 46.7 Å². The van der Waals surface area contributed by atoms with Crippen molar-refractivity contribution in [3.05, 3.63) is 41.2 Å². The van der Waals surface area contributed by atoms with Gasteiger partial charge in [-0.05, 0) is 32.8 Å². The molecule has 1 aliphatic rings. The summed E-state index contributed by atoms with van der Waals surface area (Å²) in [5, 5.41) is 8.84. The first-order valence-corrected chi connectivity index (χ1v) is 8.50. The molecular formula is C17H21N7O. The number of hydrogen-bond acceptors (Lipinski definition) is 5. The largest absolute Gasteiger partial charge is 0.335 e. The molecule has 4 rings (SSSR count).